The van der Waals surface area contributed by atoms with Crippen molar-refractivity contribution >= 4 is 17.3 Å². The minimum atomic E-state index is -0.412. The highest BCUT2D eigenvalue weighted by Gasteiger charge is 2.20. The molecule has 0 aliphatic rings. The highest BCUT2D eigenvalue weighted by atomic mass is 32.1. The lowest BCUT2D eigenvalue weighted by Gasteiger charge is -2.05. The standard InChI is InChI=1S/C16H17N5O2S/c1-3-9-21-13(18-19-20-21)10-23-16(22)15-14(17-11(2)24-15)12-7-5-4-6-8-12/h4-8H,3,9-10H2,1-2H3. The van der Waals surface area contributed by atoms with Gasteiger partial charge in [0.1, 0.15) is 4.88 Å². The second-order valence-corrected chi connectivity index (χ2v) is 6.37. The van der Waals surface area contributed by atoms with Crippen LogP contribution in [-0.2, 0) is 17.9 Å². The molecule has 0 aliphatic heterocycles. The van der Waals surface area contributed by atoms with Crippen LogP contribution < -0.4 is 0 Å². The fourth-order valence-electron chi connectivity index (χ4n) is 2.26. The minimum Gasteiger partial charge on any atom is -0.453 e. The van der Waals surface area contributed by atoms with Gasteiger partial charge < -0.3 is 4.74 Å². The fourth-order valence-corrected chi connectivity index (χ4v) is 3.10. The van der Waals surface area contributed by atoms with E-state index in [1.807, 2.05) is 44.2 Å². The van der Waals surface area contributed by atoms with Crippen molar-refractivity contribution in [3.63, 3.8) is 0 Å². The van der Waals surface area contributed by atoms with Crippen LogP contribution in [-0.4, -0.2) is 31.2 Å². The van der Waals surface area contributed by atoms with E-state index in [4.69, 9.17) is 4.74 Å². The maximum Gasteiger partial charge on any atom is 0.351 e. The van der Waals surface area contributed by atoms with Gasteiger partial charge in [0.2, 0.25) is 0 Å². The van der Waals surface area contributed by atoms with Gasteiger partial charge >= 0.3 is 5.97 Å². The lowest BCUT2D eigenvalue weighted by molar-refractivity contribution is 0.0463. The molecule has 0 bridgehead atoms. The van der Waals surface area contributed by atoms with E-state index >= 15 is 0 Å². The van der Waals surface area contributed by atoms with Crippen LogP contribution in [0, 0.1) is 6.92 Å². The van der Waals surface area contributed by atoms with Gasteiger partial charge in [0, 0.05) is 12.1 Å². The van der Waals surface area contributed by atoms with Crippen molar-refractivity contribution in [2.45, 2.75) is 33.4 Å². The first kappa shape index (κ1) is 16.3. The number of carbonyl (C=O) groups excluding carboxylic acids is 1. The molecule has 0 aliphatic carbocycles. The zero-order chi connectivity index (χ0) is 16.9. The summed E-state index contributed by atoms with van der Waals surface area (Å²) in [7, 11) is 0. The Kier molecular flexibility index (Phi) is 4.95. The molecule has 0 saturated carbocycles. The molecule has 0 atom stereocenters. The van der Waals surface area contributed by atoms with E-state index in [1.54, 1.807) is 4.68 Å². The van der Waals surface area contributed by atoms with Crippen molar-refractivity contribution in [3.05, 3.63) is 46.0 Å². The number of benzene rings is 1. The molecule has 0 unspecified atom stereocenters. The number of rotatable bonds is 6. The highest BCUT2D eigenvalue weighted by molar-refractivity contribution is 7.14. The van der Waals surface area contributed by atoms with Gasteiger partial charge in [-0.2, -0.15) is 0 Å². The number of tetrazole rings is 1. The van der Waals surface area contributed by atoms with E-state index in [9.17, 15) is 4.79 Å². The summed E-state index contributed by atoms with van der Waals surface area (Å²) in [5.41, 5.74) is 1.54. The number of nitrogens with zero attached hydrogens (tertiary/aromatic N) is 5. The van der Waals surface area contributed by atoms with Crippen LogP contribution in [0.5, 0.6) is 0 Å². The molecule has 0 amide bonds. The van der Waals surface area contributed by atoms with E-state index < -0.39 is 5.97 Å². The smallest absolute Gasteiger partial charge is 0.351 e. The fraction of sp³-hybridized carbons (Fsp3) is 0.312. The number of ether oxygens (including phenoxy) is 1. The Morgan fingerprint density at radius 2 is 2.08 bits per heavy atom. The second kappa shape index (κ2) is 7.31. The molecular formula is C16H17N5O2S. The number of hydrogen-bond donors (Lipinski definition) is 0. The van der Waals surface area contributed by atoms with Crippen LogP contribution >= 0.6 is 11.3 Å². The molecule has 2 aromatic heterocycles. The molecule has 7 nitrogen and oxygen atoms in total. The van der Waals surface area contributed by atoms with Crippen LogP contribution in [0.4, 0.5) is 0 Å². The number of carbonyl (C=O) groups is 1. The predicted molar refractivity (Wildman–Crippen MR) is 89.5 cm³/mol. The Balaban J connectivity index is 1.77. The quantitative estimate of drug-likeness (QED) is 0.640. The Morgan fingerprint density at radius 3 is 2.83 bits per heavy atom. The lowest BCUT2D eigenvalue weighted by Crippen LogP contribution is -2.10. The van der Waals surface area contributed by atoms with Gasteiger partial charge in [-0.05, 0) is 23.8 Å². The predicted octanol–water partition coefficient (Wildman–Crippen LogP) is 2.87. The highest BCUT2D eigenvalue weighted by Crippen LogP contribution is 2.28. The normalized spacial score (nSPS) is 10.8. The molecule has 8 heteroatoms. The average Bonchev–Trinajstić information content (AvgIpc) is 3.20. The van der Waals surface area contributed by atoms with Crippen molar-refractivity contribution in [2.24, 2.45) is 0 Å². The van der Waals surface area contributed by atoms with Gasteiger partial charge in [-0.15, -0.1) is 16.4 Å². The lowest BCUT2D eigenvalue weighted by atomic mass is 10.1. The van der Waals surface area contributed by atoms with Crippen LogP contribution in [0.25, 0.3) is 11.3 Å². The molecule has 1 aromatic carbocycles. The summed E-state index contributed by atoms with van der Waals surface area (Å²) in [5, 5.41) is 12.2. The number of aryl methyl sites for hydroxylation is 2. The molecule has 3 aromatic rings. The summed E-state index contributed by atoms with van der Waals surface area (Å²) in [6.07, 6.45) is 0.901. The molecule has 124 valence electrons. The van der Waals surface area contributed by atoms with E-state index in [1.165, 1.54) is 11.3 Å². The first-order valence-corrected chi connectivity index (χ1v) is 8.45. The van der Waals surface area contributed by atoms with Crippen LogP contribution in [0.1, 0.15) is 33.8 Å². The Morgan fingerprint density at radius 1 is 1.29 bits per heavy atom. The molecule has 2 heterocycles. The maximum absolute atomic E-state index is 12.5. The minimum absolute atomic E-state index is 0.0387. The molecule has 24 heavy (non-hydrogen) atoms. The van der Waals surface area contributed by atoms with E-state index in [2.05, 4.69) is 20.5 Å². The van der Waals surface area contributed by atoms with E-state index in [-0.39, 0.29) is 6.61 Å². The summed E-state index contributed by atoms with van der Waals surface area (Å²) in [5.74, 6) is 0.123. The second-order valence-electron chi connectivity index (χ2n) is 5.17. The average molecular weight is 343 g/mol. The zero-order valence-corrected chi connectivity index (χ0v) is 14.3. The summed E-state index contributed by atoms with van der Waals surface area (Å²) >= 11 is 1.32. The molecule has 0 fully saturated rings. The summed E-state index contributed by atoms with van der Waals surface area (Å²) in [6, 6.07) is 9.60. The van der Waals surface area contributed by atoms with Gasteiger partial charge in [0.15, 0.2) is 12.4 Å². The first-order valence-electron chi connectivity index (χ1n) is 7.64. The van der Waals surface area contributed by atoms with Gasteiger partial charge in [0.05, 0.1) is 10.7 Å². The van der Waals surface area contributed by atoms with Crippen LogP contribution in [0.3, 0.4) is 0 Å². The molecule has 0 spiro atoms. The maximum atomic E-state index is 12.5. The summed E-state index contributed by atoms with van der Waals surface area (Å²) in [4.78, 5) is 17.4. The van der Waals surface area contributed by atoms with Crippen molar-refractivity contribution < 1.29 is 9.53 Å². The monoisotopic (exact) mass is 343 g/mol. The third kappa shape index (κ3) is 3.48. The zero-order valence-electron chi connectivity index (χ0n) is 13.5. The molecular weight excluding hydrogens is 326 g/mol. The van der Waals surface area contributed by atoms with Crippen LogP contribution in [0.2, 0.25) is 0 Å². The molecule has 0 radical (unpaired) electrons. The number of thiazole rings is 1. The number of esters is 1. The third-order valence-corrected chi connectivity index (χ3v) is 4.29. The topological polar surface area (TPSA) is 82.8 Å². The number of hydrogen-bond acceptors (Lipinski definition) is 7. The summed E-state index contributed by atoms with van der Waals surface area (Å²) < 4.78 is 7.05. The largest absolute Gasteiger partial charge is 0.453 e. The Hall–Kier alpha value is -2.61. The van der Waals surface area contributed by atoms with E-state index in [0.717, 1.165) is 17.0 Å². The molecule has 0 saturated heterocycles. The van der Waals surface area contributed by atoms with Crippen molar-refractivity contribution in [3.8, 4) is 11.3 Å². The van der Waals surface area contributed by atoms with Crippen LogP contribution in [0.15, 0.2) is 30.3 Å². The molecule has 0 N–H and O–H groups in total. The first-order chi connectivity index (χ1) is 11.7. The third-order valence-electron chi connectivity index (χ3n) is 3.34. The molecule has 3 rings (SSSR count). The summed E-state index contributed by atoms with van der Waals surface area (Å²) in [6.45, 7) is 4.63. The number of aromatic nitrogens is 5. The van der Waals surface area contributed by atoms with Crippen molar-refractivity contribution in [1.82, 2.24) is 25.2 Å². The van der Waals surface area contributed by atoms with Crippen molar-refractivity contribution in [2.75, 3.05) is 0 Å². The van der Waals surface area contributed by atoms with Crippen molar-refractivity contribution in [1.29, 1.82) is 0 Å². The van der Waals surface area contributed by atoms with Gasteiger partial charge in [-0.25, -0.2) is 14.5 Å². The Bertz CT molecular complexity index is 828. The van der Waals surface area contributed by atoms with Gasteiger partial charge in [-0.1, -0.05) is 37.3 Å². The van der Waals surface area contributed by atoms with Gasteiger partial charge in [0.25, 0.3) is 0 Å². The van der Waals surface area contributed by atoms with E-state index in [0.29, 0.717) is 22.9 Å². The Labute approximate surface area is 143 Å². The SMILES string of the molecule is CCCn1nnnc1COC(=O)c1sc(C)nc1-c1ccccc1. The van der Waals surface area contributed by atoms with Gasteiger partial charge in [-0.3, -0.25) is 0 Å².